The van der Waals surface area contributed by atoms with E-state index < -0.39 is 18.0 Å². The van der Waals surface area contributed by atoms with Crippen molar-refractivity contribution in [2.75, 3.05) is 0 Å². The molecule has 30 heavy (non-hydrogen) atoms. The largest absolute Gasteiger partial charge is 4.00 e. The zero-order valence-electron chi connectivity index (χ0n) is 19.5. The van der Waals surface area contributed by atoms with E-state index >= 15 is 0 Å². The van der Waals surface area contributed by atoms with Crippen LogP contribution in [0.5, 0.6) is 0 Å². The van der Waals surface area contributed by atoms with Crippen LogP contribution in [0.4, 0.5) is 0 Å². The SMILES string of the molecule is CC(O)C(=O)[O-].CCCCCCCCCCCCCCCCCC(=O)[O-].[NH4+].[Zr+4].[Zr+4].[Zr+4]. The number of carbonyl (C=O) groups is 2. The molecule has 0 aromatic carbocycles. The van der Waals surface area contributed by atoms with Gasteiger partial charge in [0.15, 0.2) is 0 Å². The molecular weight excluding hydrogens is 620 g/mol. The van der Waals surface area contributed by atoms with Gasteiger partial charge in [-0.15, -0.1) is 0 Å². The number of aliphatic hydroxyl groups is 1. The molecule has 0 aliphatic rings. The third kappa shape index (κ3) is 47.3. The van der Waals surface area contributed by atoms with E-state index in [9.17, 15) is 19.8 Å². The Hall–Kier alpha value is 1.51. The van der Waals surface area contributed by atoms with E-state index in [1.54, 1.807) is 0 Å². The smallest absolute Gasteiger partial charge is 0.550 e. The molecule has 0 aliphatic carbocycles. The number of carboxylic acids is 2. The van der Waals surface area contributed by atoms with Gasteiger partial charge in [0.2, 0.25) is 0 Å². The number of hydrogen-bond donors (Lipinski definition) is 2. The molecule has 0 saturated heterocycles. The summed E-state index contributed by atoms with van der Waals surface area (Å²) in [6.45, 7) is 3.40. The Bertz CT molecular complexity index is 336. The minimum Gasteiger partial charge on any atom is -0.550 e. The molecule has 9 heteroatoms. The predicted molar refractivity (Wildman–Crippen MR) is 107 cm³/mol. The average molecular weight is 664 g/mol. The minimum absolute atomic E-state index is 0. The molecular formula is C21H44NO5Zr3+11. The fourth-order valence-electron chi connectivity index (χ4n) is 2.64. The molecule has 0 aliphatic heterocycles. The number of carboxylic acid groups (broad SMARTS) is 2. The Labute approximate surface area is 242 Å². The first-order valence-corrected chi connectivity index (χ1v) is 10.5. The monoisotopic (exact) mass is 660 g/mol. The normalized spacial score (nSPS) is 9.97. The Balaban J connectivity index is -0.000000126. The van der Waals surface area contributed by atoms with Crippen molar-refractivity contribution in [3.05, 3.63) is 0 Å². The van der Waals surface area contributed by atoms with Crippen LogP contribution in [0, 0.1) is 0 Å². The summed E-state index contributed by atoms with van der Waals surface area (Å²) in [6.07, 6.45) is 18.5. The van der Waals surface area contributed by atoms with E-state index in [2.05, 4.69) is 6.92 Å². The van der Waals surface area contributed by atoms with E-state index in [-0.39, 0.29) is 91.2 Å². The van der Waals surface area contributed by atoms with Crippen LogP contribution >= 0.6 is 0 Å². The van der Waals surface area contributed by atoms with Crippen LogP contribution in [-0.2, 0) is 88.2 Å². The molecule has 164 valence electrons. The molecule has 0 rings (SSSR count). The summed E-state index contributed by atoms with van der Waals surface area (Å²) >= 11 is 0. The van der Waals surface area contributed by atoms with Gasteiger partial charge in [-0.1, -0.05) is 96.8 Å². The number of hydrogen-bond acceptors (Lipinski definition) is 5. The zero-order valence-corrected chi connectivity index (χ0v) is 26.8. The van der Waals surface area contributed by atoms with Gasteiger partial charge in [0.1, 0.15) is 0 Å². The Kier molecular flexibility index (Phi) is 56.8. The molecule has 1 unspecified atom stereocenters. The predicted octanol–water partition coefficient (Wildman–Crippen LogP) is 3.48. The number of quaternary nitrogens is 1. The van der Waals surface area contributed by atoms with Crippen LogP contribution in [0.15, 0.2) is 0 Å². The maximum absolute atomic E-state index is 10.2. The molecule has 0 aromatic heterocycles. The topological polar surface area (TPSA) is 137 Å². The van der Waals surface area contributed by atoms with Gasteiger partial charge in [0, 0.05) is 5.97 Å². The summed E-state index contributed by atoms with van der Waals surface area (Å²) in [6, 6.07) is 0. The van der Waals surface area contributed by atoms with Crippen LogP contribution in [0.2, 0.25) is 0 Å². The first kappa shape index (κ1) is 45.1. The molecule has 1 atom stereocenters. The second-order valence-electron chi connectivity index (χ2n) is 7.07. The molecule has 0 amide bonds. The first-order valence-electron chi connectivity index (χ1n) is 10.5. The van der Waals surface area contributed by atoms with Gasteiger partial charge in [-0.05, 0) is 19.8 Å². The molecule has 0 bridgehead atoms. The van der Waals surface area contributed by atoms with Crippen molar-refractivity contribution in [1.29, 1.82) is 0 Å². The third-order valence-corrected chi connectivity index (χ3v) is 4.33. The molecule has 5 N–H and O–H groups in total. The summed E-state index contributed by atoms with van der Waals surface area (Å²) in [4.78, 5) is 19.6. The number of unbranched alkanes of at least 4 members (excludes halogenated alkanes) is 14. The summed E-state index contributed by atoms with van der Waals surface area (Å²) < 4.78 is 0. The van der Waals surface area contributed by atoms with Gasteiger partial charge in [-0.3, -0.25) is 0 Å². The zero-order chi connectivity index (χ0) is 20.0. The molecule has 0 aromatic rings. The Morgan fingerprint density at radius 2 is 0.900 bits per heavy atom. The second-order valence-corrected chi connectivity index (χ2v) is 7.07. The summed E-state index contributed by atoms with van der Waals surface area (Å²) in [7, 11) is 0. The maximum Gasteiger partial charge on any atom is 4.00 e. The van der Waals surface area contributed by atoms with E-state index in [4.69, 9.17) is 5.11 Å². The summed E-state index contributed by atoms with van der Waals surface area (Å²) in [5.74, 6) is -2.34. The van der Waals surface area contributed by atoms with Gasteiger partial charge < -0.3 is 31.1 Å². The fraction of sp³-hybridized carbons (Fsp3) is 0.905. The molecule has 0 saturated carbocycles. The van der Waals surface area contributed by atoms with Gasteiger partial charge >= 0.3 is 78.6 Å². The molecule has 0 spiro atoms. The molecule has 0 fully saturated rings. The number of aliphatic hydroxyl groups excluding tert-OH is 1. The quantitative estimate of drug-likeness (QED) is 0.230. The van der Waals surface area contributed by atoms with Crippen LogP contribution in [0.25, 0.3) is 0 Å². The van der Waals surface area contributed by atoms with Gasteiger partial charge in [-0.25, -0.2) is 0 Å². The van der Waals surface area contributed by atoms with Crippen molar-refractivity contribution in [2.24, 2.45) is 0 Å². The van der Waals surface area contributed by atoms with Crippen LogP contribution in [0.3, 0.4) is 0 Å². The van der Waals surface area contributed by atoms with Crippen molar-refractivity contribution in [1.82, 2.24) is 6.15 Å². The van der Waals surface area contributed by atoms with Crippen LogP contribution in [-0.4, -0.2) is 23.1 Å². The second kappa shape index (κ2) is 37.8. The summed E-state index contributed by atoms with van der Waals surface area (Å²) in [5, 5.41) is 27.5. The standard InChI is InChI=1S/C18H36O2.C3H6O3.H3N.3Zr/c1-2-3-4-5-6-7-8-9-10-11-12-13-14-15-16-17-18(19)20;1-2(4)3(5)6;;;;/h2-17H2,1H3,(H,19,20);2,4H,1H3,(H,5,6);1H3;;;/q;;;3*+4/p-1. The van der Waals surface area contributed by atoms with E-state index in [1.165, 1.54) is 83.5 Å². The van der Waals surface area contributed by atoms with Crippen molar-refractivity contribution < 1.29 is 104 Å². The molecule has 0 heterocycles. The first-order chi connectivity index (χ1) is 12.4. The Morgan fingerprint density at radius 1 is 0.667 bits per heavy atom. The number of rotatable bonds is 17. The fourth-order valence-corrected chi connectivity index (χ4v) is 2.64. The maximum atomic E-state index is 10.2. The average Bonchev–Trinajstić information content (AvgIpc) is 2.58. The molecule has 6 nitrogen and oxygen atoms in total. The number of carbonyl (C=O) groups excluding carboxylic acids is 2. The molecule has 0 radical (unpaired) electrons. The van der Waals surface area contributed by atoms with Crippen molar-refractivity contribution >= 4 is 11.9 Å². The van der Waals surface area contributed by atoms with Crippen LogP contribution in [0.1, 0.15) is 117 Å². The van der Waals surface area contributed by atoms with Crippen molar-refractivity contribution in [2.45, 2.75) is 123 Å². The van der Waals surface area contributed by atoms with Gasteiger partial charge in [-0.2, -0.15) is 0 Å². The van der Waals surface area contributed by atoms with Crippen molar-refractivity contribution in [3.63, 3.8) is 0 Å². The Morgan fingerprint density at radius 3 is 1.10 bits per heavy atom. The van der Waals surface area contributed by atoms with Crippen LogP contribution < -0.4 is 16.4 Å². The van der Waals surface area contributed by atoms with E-state index in [0.29, 0.717) is 0 Å². The van der Waals surface area contributed by atoms with Gasteiger partial charge in [0.05, 0.1) is 12.1 Å². The van der Waals surface area contributed by atoms with E-state index in [1.807, 2.05) is 0 Å². The van der Waals surface area contributed by atoms with Crippen molar-refractivity contribution in [3.8, 4) is 0 Å². The minimum atomic E-state index is -1.44. The summed E-state index contributed by atoms with van der Waals surface area (Å²) in [5.41, 5.74) is 0. The van der Waals surface area contributed by atoms with E-state index in [0.717, 1.165) is 19.8 Å². The number of aliphatic carboxylic acids is 2. The third-order valence-electron chi connectivity index (χ3n) is 4.33. The van der Waals surface area contributed by atoms with Gasteiger partial charge in [0.25, 0.3) is 0 Å².